The van der Waals surface area contributed by atoms with Gasteiger partial charge in [0.15, 0.2) is 0 Å². The van der Waals surface area contributed by atoms with Gasteiger partial charge in [0.2, 0.25) is 0 Å². The van der Waals surface area contributed by atoms with E-state index in [9.17, 15) is 0 Å². The van der Waals surface area contributed by atoms with Crippen molar-refractivity contribution >= 4 is 45.4 Å². The number of rotatable bonds is 2. The van der Waals surface area contributed by atoms with E-state index in [-0.39, 0.29) is 0 Å². The second-order valence-electron chi connectivity index (χ2n) is 7.09. The topological polar surface area (TPSA) is 32.5 Å². The Hall–Kier alpha value is -1.69. The maximum Gasteiger partial charge on any atom is 0.0460 e. The van der Waals surface area contributed by atoms with Gasteiger partial charge in [0, 0.05) is 58.6 Å². The number of nitrogen functional groups attached to an aromatic ring is 1. The Balaban J connectivity index is 1.38. The van der Waals surface area contributed by atoms with Gasteiger partial charge in [-0.15, -0.1) is 24.0 Å². The Morgan fingerprint density at radius 1 is 1.20 bits per heavy atom. The molecule has 1 aromatic heterocycles. The molecular formula is C20H21N3S2. The summed E-state index contributed by atoms with van der Waals surface area (Å²) in [5, 5.41) is 3.85. The van der Waals surface area contributed by atoms with Crippen molar-refractivity contribution in [3.8, 4) is 0 Å². The van der Waals surface area contributed by atoms with Crippen molar-refractivity contribution in [2.24, 2.45) is 0 Å². The van der Waals surface area contributed by atoms with Gasteiger partial charge in [0.1, 0.15) is 0 Å². The van der Waals surface area contributed by atoms with Crippen LogP contribution < -0.4 is 10.6 Å². The highest BCUT2D eigenvalue weighted by Gasteiger charge is 2.32. The molecule has 3 nitrogen and oxygen atoms in total. The molecule has 0 aliphatic carbocycles. The van der Waals surface area contributed by atoms with Crippen LogP contribution in [0.25, 0.3) is 10.1 Å². The Bertz CT molecular complexity index is 949. The number of anilines is 2. The predicted molar refractivity (Wildman–Crippen MR) is 110 cm³/mol. The van der Waals surface area contributed by atoms with Crippen molar-refractivity contribution in [1.82, 2.24) is 4.90 Å². The minimum Gasteiger partial charge on any atom is -0.398 e. The van der Waals surface area contributed by atoms with E-state index in [1.807, 2.05) is 17.4 Å². The summed E-state index contributed by atoms with van der Waals surface area (Å²) < 4.78 is 1.43. The van der Waals surface area contributed by atoms with Gasteiger partial charge < -0.3 is 10.6 Å². The van der Waals surface area contributed by atoms with Crippen LogP contribution in [0.4, 0.5) is 11.4 Å². The number of benzene rings is 2. The average Bonchev–Trinajstić information content (AvgIpc) is 3.03. The lowest BCUT2D eigenvalue weighted by atomic mass is 9.94. The average molecular weight is 368 g/mol. The minimum atomic E-state index is 0.572. The molecule has 3 aromatic rings. The first-order valence-electron chi connectivity index (χ1n) is 8.74. The summed E-state index contributed by atoms with van der Waals surface area (Å²) in [7, 11) is 0. The lowest BCUT2D eigenvalue weighted by molar-refractivity contribution is 0.213. The second kappa shape index (κ2) is 5.94. The van der Waals surface area contributed by atoms with Crippen LogP contribution in [-0.2, 0) is 13.0 Å². The standard InChI is InChI=1S/C20H21N3S2/c21-16-8-13(4-5-18(16)24)10-22-6-7-23-15(11-22)9-14-12-25-19-3-1-2-17(23)20(14)19/h1-5,8,12,15,24H,6-7,9-11,21H2. The third-order valence-corrected chi connectivity index (χ3v) is 6.89. The lowest BCUT2D eigenvalue weighted by Crippen LogP contribution is -2.54. The van der Waals surface area contributed by atoms with Crippen molar-refractivity contribution in [2.45, 2.75) is 23.9 Å². The minimum absolute atomic E-state index is 0.572. The summed E-state index contributed by atoms with van der Waals surface area (Å²) in [5.41, 5.74) is 11.0. The van der Waals surface area contributed by atoms with E-state index in [0.29, 0.717) is 6.04 Å². The van der Waals surface area contributed by atoms with Gasteiger partial charge in [-0.3, -0.25) is 4.90 Å². The van der Waals surface area contributed by atoms with E-state index >= 15 is 0 Å². The van der Waals surface area contributed by atoms with Crippen LogP contribution in [0.5, 0.6) is 0 Å². The SMILES string of the molecule is Nc1cc(CN2CCN3c4cccc5scc(c45)CC3C2)ccc1S. The molecular weight excluding hydrogens is 346 g/mol. The van der Waals surface area contributed by atoms with E-state index in [1.165, 1.54) is 26.9 Å². The molecule has 128 valence electrons. The Kier molecular flexibility index (Phi) is 3.69. The number of piperazine rings is 1. The molecule has 2 N–H and O–H groups in total. The molecule has 5 heteroatoms. The molecule has 0 amide bonds. The summed E-state index contributed by atoms with van der Waals surface area (Å²) in [5.74, 6) is 0. The quantitative estimate of drug-likeness (QED) is 0.530. The Morgan fingerprint density at radius 3 is 3.00 bits per heavy atom. The van der Waals surface area contributed by atoms with Gasteiger partial charge >= 0.3 is 0 Å². The predicted octanol–water partition coefficient (Wildman–Crippen LogP) is 4.02. The van der Waals surface area contributed by atoms with Gasteiger partial charge in [-0.25, -0.2) is 0 Å². The smallest absolute Gasteiger partial charge is 0.0460 e. The molecule has 5 rings (SSSR count). The molecule has 1 fully saturated rings. The van der Waals surface area contributed by atoms with Crippen LogP contribution >= 0.6 is 24.0 Å². The summed E-state index contributed by atoms with van der Waals surface area (Å²) >= 11 is 6.25. The maximum atomic E-state index is 6.01. The first-order valence-corrected chi connectivity index (χ1v) is 10.1. The molecule has 1 saturated heterocycles. The van der Waals surface area contributed by atoms with Crippen LogP contribution in [0, 0.1) is 0 Å². The molecule has 1 atom stereocenters. The molecule has 2 aliphatic heterocycles. The highest BCUT2D eigenvalue weighted by molar-refractivity contribution is 7.80. The van der Waals surface area contributed by atoms with Gasteiger partial charge in [-0.05, 0) is 47.2 Å². The summed E-state index contributed by atoms with van der Waals surface area (Å²) in [4.78, 5) is 6.05. The number of hydrogen-bond donors (Lipinski definition) is 2. The van der Waals surface area contributed by atoms with Crippen LogP contribution in [0.2, 0.25) is 0 Å². The first kappa shape index (κ1) is 15.6. The van der Waals surface area contributed by atoms with Crippen LogP contribution in [0.3, 0.4) is 0 Å². The number of hydrogen-bond acceptors (Lipinski definition) is 5. The lowest BCUT2D eigenvalue weighted by Gasteiger charge is -2.45. The highest BCUT2D eigenvalue weighted by Crippen LogP contribution is 2.41. The van der Waals surface area contributed by atoms with E-state index in [2.05, 4.69) is 58.1 Å². The summed E-state index contributed by atoms with van der Waals surface area (Å²) in [6.07, 6.45) is 1.16. The van der Waals surface area contributed by atoms with Gasteiger partial charge in [-0.1, -0.05) is 12.1 Å². The molecule has 1 unspecified atom stereocenters. The second-order valence-corrected chi connectivity index (χ2v) is 8.48. The summed E-state index contributed by atoms with van der Waals surface area (Å²) in [6.45, 7) is 4.26. The fourth-order valence-corrected chi connectivity index (χ4v) is 5.43. The third kappa shape index (κ3) is 2.62. The molecule has 25 heavy (non-hydrogen) atoms. The van der Waals surface area contributed by atoms with E-state index in [4.69, 9.17) is 5.73 Å². The van der Waals surface area contributed by atoms with Crippen molar-refractivity contribution in [2.75, 3.05) is 30.3 Å². The van der Waals surface area contributed by atoms with Crippen molar-refractivity contribution in [3.63, 3.8) is 0 Å². The zero-order valence-electron chi connectivity index (χ0n) is 14.0. The number of thiol groups is 1. The largest absolute Gasteiger partial charge is 0.398 e. The van der Waals surface area contributed by atoms with E-state index in [1.54, 1.807) is 0 Å². The first-order chi connectivity index (χ1) is 12.2. The van der Waals surface area contributed by atoms with Gasteiger partial charge in [0.25, 0.3) is 0 Å². The third-order valence-electron chi connectivity index (χ3n) is 5.48. The van der Waals surface area contributed by atoms with Crippen molar-refractivity contribution in [3.05, 3.63) is 52.9 Å². The Morgan fingerprint density at radius 2 is 2.12 bits per heavy atom. The normalized spacial score (nSPS) is 20.0. The molecule has 2 aromatic carbocycles. The number of fused-ring (bicyclic) bond motifs is 2. The fraction of sp³-hybridized carbons (Fsp3) is 0.300. The zero-order chi connectivity index (χ0) is 17.0. The highest BCUT2D eigenvalue weighted by atomic mass is 32.1. The van der Waals surface area contributed by atoms with E-state index < -0.39 is 0 Å². The molecule has 0 spiro atoms. The van der Waals surface area contributed by atoms with Crippen molar-refractivity contribution in [1.29, 1.82) is 0 Å². The van der Waals surface area contributed by atoms with Crippen LogP contribution in [0.1, 0.15) is 11.1 Å². The van der Waals surface area contributed by atoms with Crippen LogP contribution in [-0.4, -0.2) is 30.6 Å². The molecule has 0 saturated carbocycles. The maximum absolute atomic E-state index is 6.01. The monoisotopic (exact) mass is 367 g/mol. The molecule has 0 bridgehead atoms. The fourth-order valence-electron chi connectivity index (χ4n) is 4.29. The van der Waals surface area contributed by atoms with Crippen LogP contribution in [0.15, 0.2) is 46.7 Å². The Labute approximate surface area is 157 Å². The van der Waals surface area contributed by atoms with Gasteiger partial charge in [0.05, 0.1) is 0 Å². The summed E-state index contributed by atoms with van der Waals surface area (Å²) in [6, 6.07) is 13.5. The molecule has 0 radical (unpaired) electrons. The number of nitrogens with two attached hydrogens (primary N) is 1. The number of nitrogens with zero attached hydrogens (tertiary/aromatic N) is 2. The number of thiophene rings is 1. The van der Waals surface area contributed by atoms with E-state index in [0.717, 1.165) is 43.2 Å². The van der Waals surface area contributed by atoms with Crippen molar-refractivity contribution < 1.29 is 0 Å². The van der Waals surface area contributed by atoms with Gasteiger partial charge in [-0.2, -0.15) is 0 Å². The zero-order valence-corrected chi connectivity index (χ0v) is 15.7. The molecule has 3 heterocycles. The molecule has 2 aliphatic rings.